The van der Waals surface area contributed by atoms with Crippen LogP contribution in [0.5, 0.6) is 11.5 Å². The third kappa shape index (κ3) is 4.24. The summed E-state index contributed by atoms with van der Waals surface area (Å²) in [6.45, 7) is 3.03. The van der Waals surface area contributed by atoms with E-state index in [1.165, 1.54) is 19.3 Å². The number of ether oxygens (including phenoxy) is 2. The molecule has 3 rings (SSSR count). The molecule has 6 nitrogen and oxygen atoms in total. The van der Waals surface area contributed by atoms with Crippen molar-refractivity contribution in [3.8, 4) is 11.5 Å². The lowest BCUT2D eigenvalue weighted by Gasteiger charge is -2.21. The first-order chi connectivity index (χ1) is 11.7. The fourth-order valence-corrected chi connectivity index (χ4v) is 3.07. The number of guanidine groups is 1. The van der Waals surface area contributed by atoms with Gasteiger partial charge in [0, 0.05) is 56.6 Å². The number of methoxy groups -OCH3 is 2. The van der Waals surface area contributed by atoms with Crippen LogP contribution in [0.3, 0.4) is 0 Å². The molecule has 24 heavy (non-hydrogen) atoms. The van der Waals surface area contributed by atoms with Crippen LogP contribution in [0.15, 0.2) is 23.2 Å². The van der Waals surface area contributed by atoms with E-state index >= 15 is 0 Å². The van der Waals surface area contributed by atoms with Crippen LogP contribution in [0.4, 0.5) is 5.69 Å². The third-order valence-electron chi connectivity index (χ3n) is 4.69. The maximum Gasteiger partial charge on any atom is 0.191 e. The number of nitrogens with one attached hydrogen (secondary N) is 2. The standard InChI is InChI=1S/C18H28N4O2/c1-19-18(21-14-4-5-14)20-11-13-6-7-22(12-13)15-8-16(23-2)10-17(9-15)24-3/h8-10,13-14H,4-7,11-12H2,1-3H3,(H2,19,20,21)/t13-/m1/s1. The third-order valence-corrected chi connectivity index (χ3v) is 4.69. The summed E-state index contributed by atoms with van der Waals surface area (Å²) in [6.07, 6.45) is 3.69. The monoisotopic (exact) mass is 332 g/mol. The summed E-state index contributed by atoms with van der Waals surface area (Å²) in [6, 6.07) is 6.68. The van der Waals surface area contributed by atoms with E-state index < -0.39 is 0 Å². The zero-order chi connectivity index (χ0) is 16.9. The molecule has 0 bridgehead atoms. The Morgan fingerprint density at radius 1 is 1.17 bits per heavy atom. The first-order valence-electron chi connectivity index (χ1n) is 8.67. The summed E-state index contributed by atoms with van der Waals surface area (Å²) in [5.41, 5.74) is 1.16. The minimum absolute atomic E-state index is 0.611. The van der Waals surface area contributed by atoms with Gasteiger partial charge in [-0.1, -0.05) is 0 Å². The molecule has 0 amide bonds. The van der Waals surface area contributed by atoms with Gasteiger partial charge in [0.2, 0.25) is 0 Å². The van der Waals surface area contributed by atoms with E-state index in [4.69, 9.17) is 9.47 Å². The SMILES string of the molecule is CN=C(NC[C@H]1CCN(c2cc(OC)cc(OC)c2)C1)NC1CC1. The molecule has 132 valence electrons. The van der Waals surface area contributed by atoms with Gasteiger partial charge >= 0.3 is 0 Å². The molecule has 0 spiro atoms. The van der Waals surface area contributed by atoms with E-state index in [0.717, 1.165) is 42.8 Å². The van der Waals surface area contributed by atoms with Gasteiger partial charge in [0.1, 0.15) is 11.5 Å². The van der Waals surface area contributed by atoms with Gasteiger partial charge in [0.25, 0.3) is 0 Å². The van der Waals surface area contributed by atoms with Crippen LogP contribution in [0.25, 0.3) is 0 Å². The van der Waals surface area contributed by atoms with Crippen molar-refractivity contribution in [2.45, 2.75) is 25.3 Å². The van der Waals surface area contributed by atoms with Gasteiger partial charge in [-0.05, 0) is 25.2 Å². The highest BCUT2D eigenvalue weighted by molar-refractivity contribution is 5.80. The molecule has 0 aromatic heterocycles. The Morgan fingerprint density at radius 2 is 1.88 bits per heavy atom. The Bertz CT molecular complexity index is 564. The van der Waals surface area contributed by atoms with Crippen LogP contribution in [0, 0.1) is 5.92 Å². The predicted octanol–water partition coefficient (Wildman–Crippen LogP) is 1.86. The first kappa shape index (κ1) is 16.7. The molecule has 2 aliphatic rings. The average Bonchev–Trinajstić information content (AvgIpc) is 3.32. The number of anilines is 1. The lowest BCUT2D eigenvalue weighted by molar-refractivity contribution is 0.394. The van der Waals surface area contributed by atoms with Gasteiger partial charge in [-0.15, -0.1) is 0 Å². The van der Waals surface area contributed by atoms with Gasteiger partial charge in [-0.25, -0.2) is 0 Å². The molecule has 0 radical (unpaired) electrons. The Morgan fingerprint density at radius 3 is 2.46 bits per heavy atom. The van der Waals surface area contributed by atoms with Gasteiger partial charge in [0.05, 0.1) is 14.2 Å². The highest BCUT2D eigenvalue weighted by atomic mass is 16.5. The molecule has 2 N–H and O–H groups in total. The fraction of sp³-hybridized carbons (Fsp3) is 0.611. The van der Waals surface area contributed by atoms with Crippen molar-refractivity contribution >= 4 is 11.6 Å². The average molecular weight is 332 g/mol. The van der Waals surface area contributed by atoms with Crippen molar-refractivity contribution in [3.63, 3.8) is 0 Å². The summed E-state index contributed by atoms with van der Waals surface area (Å²) in [5, 5.41) is 6.89. The number of hydrogen-bond acceptors (Lipinski definition) is 4. The summed E-state index contributed by atoms with van der Waals surface area (Å²) in [5.74, 6) is 3.21. The Balaban J connectivity index is 1.54. The van der Waals surface area contributed by atoms with E-state index in [1.54, 1.807) is 14.2 Å². The molecule has 1 saturated carbocycles. The van der Waals surface area contributed by atoms with E-state index in [9.17, 15) is 0 Å². The fourth-order valence-electron chi connectivity index (χ4n) is 3.07. The van der Waals surface area contributed by atoms with Gasteiger partial charge < -0.3 is 25.0 Å². The number of benzene rings is 1. The highest BCUT2D eigenvalue weighted by Gasteiger charge is 2.25. The second-order valence-electron chi connectivity index (χ2n) is 6.54. The molecule has 1 aliphatic carbocycles. The predicted molar refractivity (Wildman–Crippen MR) is 97.4 cm³/mol. The minimum atomic E-state index is 0.611. The lowest BCUT2D eigenvalue weighted by Crippen LogP contribution is -2.41. The van der Waals surface area contributed by atoms with Gasteiger partial charge in [-0.3, -0.25) is 4.99 Å². The molecule has 1 atom stereocenters. The molecule has 1 aromatic carbocycles. The molecule has 6 heteroatoms. The molecule has 1 aliphatic heterocycles. The van der Waals surface area contributed by atoms with Crippen LogP contribution in [-0.4, -0.2) is 52.9 Å². The minimum Gasteiger partial charge on any atom is -0.497 e. The summed E-state index contributed by atoms with van der Waals surface area (Å²) in [7, 11) is 5.21. The van der Waals surface area contributed by atoms with Crippen LogP contribution in [-0.2, 0) is 0 Å². The quantitative estimate of drug-likeness (QED) is 0.615. The summed E-state index contributed by atoms with van der Waals surface area (Å²) >= 11 is 0. The van der Waals surface area contributed by atoms with E-state index in [2.05, 4.69) is 32.7 Å². The maximum absolute atomic E-state index is 5.38. The Labute approximate surface area is 144 Å². The molecule has 2 fully saturated rings. The van der Waals surface area contributed by atoms with Crippen molar-refractivity contribution in [3.05, 3.63) is 18.2 Å². The number of rotatable bonds is 6. The Kier molecular flexibility index (Phi) is 5.33. The van der Waals surface area contributed by atoms with Crippen molar-refractivity contribution in [1.82, 2.24) is 10.6 Å². The molecule has 1 aromatic rings. The summed E-state index contributed by atoms with van der Waals surface area (Å²) < 4.78 is 10.8. The second kappa shape index (κ2) is 7.64. The topological polar surface area (TPSA) is 58.1 Å². The van der Waals surface area contributed by atoms with Crippen molar-refractivity contribution < 1.29 is 9.47 Å². The van der Waals surface area contributed by atoms with Gasteiger partial charge in [0.15, 0.2) is 5.96 Å². The highest BCUT2D eigenvalue weighted by Crippen LogP contribution is 2.31. The zero-order valence-corrected chi connectivity index (χ0v) is 14.8. The molecule has 1 heterocycles. The smallest absolute Gasteiger partial charge is 0.191 e. The van der Waals surface area contributed by atoms with Crippen LogP contribution >= 0.6 is 0 Å². The second-order valence-corrected chi connectivity index (χ2v) is 6.54. The zero-order valence-electron chi connectivity index (χ0n) is 14.8. The normalized spacial score (nSPS) is 20.9. The Hall–Kier alpha value is -2.11. The van der Waals surface area contributed by atoms with Crippen LogP contribution in [0.1, 0.15) is 19.3 Å². The summed E-state index contributed by atoms with van der Waals surface area (Å²) in [4.78, 5) is 6.70. The largest absolute Gasteiger partial charge is 0.497 e. The van der Waals surface area contributed by atoms with Gasteiger partial charge in [-0.2, -0.15) is 0 Å². The molecule has 1 saturated heterocycles. The first-order valence-corrected chi connectivity index (χ1v) is 8.67. The van der Waals surface area contributed by atoms with Crippen molar-refractivity contribution in [1.29, 1.82) is 0 Å². The van der Waals surface area contributed by atoms with Crippen LogP contribution < -0.4 is 25.0 Å². The van der Waals surface area contributed by atoms with E-state index in [-0.39, 0.29) is 0 Å². The maximum atomic E-state index is 5.38. The number of hydrogen-bond donors (Lipinski definition) is 2. The van der Waals surface area contributed by atoms with E-state index in [1.807, 2.05) is 13.1 Å². The van der Waals surface area contributed by atoms with Crippen molar-refractivity contribution in [2.24, 2.45) is 10.9 Å². The molecular weight excluding hydrogens is 304 g/mol. The van der Waals surface area contributed by atoms with Crippen molar-refractivity contribution in [2.75, 3.05) is 45.8 Å². The number of nitrogens with zero attached hydrogens (tertiary/aromatic N) is 2. The molecule has 0 unspecified atom stereocenters. The lowest BCUT2D eigenvalue weighted by atomic mass is 10.1. The van der Waals surface area contributed by atoms with Crippen LogP contribution in [0.2, 0.25) is 0 Å². The molecular formula is C18H28N4O2. The van der Waals surface area contributed by atoms with E-state index in [0.29, 0.717) is 12.0 Å². The number of aliphatic imine (C=N–C) groups is 1.